The third-order valence-corrected chi connectivity index (χ3v) is 3.54. The van der Waals surface area contributed by atoms with Crippen molar-refractivity contribution in [1.82, 2.24) is 5.32 Å². The minimum Gasteiger partial charge on any atom is -0.381 e. The molecule has 1 rings (SSSR count). The van der Waals surface area contributed by atoms with Crippen LogP contribution in [-0.4, -0.2) is 34.1 Å². The lowest BCUT2D eigenvalue weighted by molar-refractivity contribution is 0.0925. The Balaban J connectivity index is 2.43. The average molecular weight is 314 g/mol. The van der Waals surface area contributed by atoms with Crippen LogP contribution >= 0.6 is 0 Å². The molecule has 0 radical (unpaired) electrons. The lowest BCUT2D eigenvalue weighted by Gasteiger charge is -2.08. The van der Waals surface area contributed by atoms with Crippen molar-refractivity contribution in [2.75, 3.05) is 19.8 Å². The maximum atomic E-state index is 11.9. The van der Waals surface area contributed by atoms with Gasteiger partial charge in [0.2, 0.25) is 10.0 Å². The Hall–Kier alpha value is -1.44. The van der Waals surface area contributed by atoms with Crippen LogP contribution < -0.4 is 10.5 Å². The number of hydrogen-bond acceptors (Lipinski definition) is 4. The van der Waals surface area contributed by atoms with Crippen molar-refractivity contribution in [2.24, 2.45) is 11.1 Å². The summed E-state index contributed by atoms with van der Waals surface area (Å²) in [5.74, 6) is 0.157. The largest absolute Gasteiger partial charge is 0.381 e. The molecule has 0 saturated carbocycles. The minimum atomic E-state index is -3.80. The average Bonchev–Trinajstić information content (AvgIpc) is 2.41. The van der Waals surface area contributed by atoms with E-state index >= 15 is 0 Å². The quantitative estimate of drug-likeness (QED) is 0.703. The number of nitrogens with one attached hydrogen (secondary N) is 1. The highest BCUT2D eigenvalue weighted by molar-refractivity contribution is 7.89. The number of rotatable bonds is 8. The van der Waals surface area contributed by atoms with E-state index in [0.717, 1.165) is 0 Å². The van der Waals surface area contributed by atoms with Gasteiger partial charge in [-0.05, 0) is 30.5 Å². The first kappa shape index (κ1) is 17.6. The van der Waals surface area contributed by atoms with Gasteiger partial charge in [-0.25, -0.2) is 13.6 Å². The van der Waals surface area contributed by atoms with Crippen LogP contribution in [0.2, 0.25) is 0 Å². The molecule has 0 aliphatic heterocycles. The van der Waals surface area contributed by atoms with Crippen LogP contribution in [0.4, 0.5) is 0 Å². The highest BCUT2D eigenvalue weighted by Crippen LogP contribution is 2.09. The first-order valence-corrected chi connectivity index (χ1v) is 8.34. The van der Waals surface area contributed by atoms with Crippen LogP contribution in [0.1, 0.15) is 30.6 Å². The second-order valence-electron chi connectivity index (χ2n) is 5.15. The molecule has 0 aromatic heterocycles. The van der Waals surface area contributed by atoms with Crippen molar-refractivity contribution < 1.29 is 17.9 Å². The van der Waals surface area contributed by atoms with Crippen LogP contribution in [0.25, 0.3) is 0 Å². The van der Waals surface area contributed by atoms with Crippen LogP contribution in [0.3, 0.4) is 0 Å². The summed E-state index contributed by atoms with van der Waals surface area (Å²) in [4.78, 5) is 11.8. The van der Waals surface area contributed by atoms with Crippen LogP contribution in [0, 0.1) is 5.92 Å². The van der Waals surface area contributed by atoms with E-state index in [4.69, 9.17) is 9.88 Å². The molecule has 7 heteroatoms. The lowest BCUT2D eigenvalue weighted by Crippen LogP contribution is -2.25. The summed E-state index contributed by atoms with van der Waals surface area (Å²) >= 11 is 0. The highest BCUT2D eigenvalue weighted by Gasteiger charge is 2.11. The van der Waals surface area contributed by atoms with E-state index in [0.29, 0.717) is 32.1 Å². The Morgan fingerprint density at radius 2 is 2.10 bits per heavy atom. The van der Waals surface area contributed by atoms with Gasteiger partial charge >= 0.3 is 0 Å². The van der Waals surface area contributed by atoms with Gasteiger partial charge in [-0.3, -0.25) is 4.79 Å². The van der Waals surface area contributed by atoms with E-state index in [9.17, 15) is 13.2 Å². The SMILES string of the molecule is CC(C)COCCCNC(=O)c1cccc(S(N)(=O)=O)c1. The monoisotopic (exact) mass is 314 g/mol. The summed E-state index contributed by atoms with van der Waals surface area (Å²) in [5.41, 5.74) is 0.268. The summed E-state index contributed by atoms with van der Waals surface area (Å²) in [6, 6.07) is 5.64. The molecular formula is C14H22N2O4S. The Labute approximate surface area is 125 Å². The summed E-state index contributed by atoms with van der Waals surface area (Å²) in [6.45, 7) is 5.89. The fourth-order valence-electron chi connectivity index (χ4n) is 1.61. The zero-order valence-corrected chi connectivity index (χ0v) is 13.2. The molecule has 0 unspecified atom stereocenters. The molecule has 1 aromatic rings. The summed E-state index contributed by atoms with van der Waals surface area (Å²) in [6.07, 6.45) is 0.702. The zero-order valence-electron chi connectivity index (χ0n) is 12.3. The van der Waals surface area contributed by atoms with Gasteiger partial charge in [-0.2, -0.15) is 0 Å². The van der Waals surface area contributed by atoms with Crippen molar-refractivity contribution in [3.8, 4) is 0 Å². The molecule has 0 aliphatic carbocycles. The number of hydrogen-bond donors (Lipinski definition) is 2. The van der Waals surface area contributed by atoms with Crippen molar-refractivity contribution in [3.63, 3.8) is 0 Å². The van der Waals surface area contributed by atoms with E-state index in [-0.39, 0.29) is 16.4 Å². The fraction of sp³-hybridized carbons (Fsp3) is 0.500. The molecule has 0 fully saturated rings. The molecule has 1 aromatic carbocycles. The van der Waals surface area contributed by atoms with Crippen molar-refractivity contribution in [3.05, 3.63) is 29.8 Å². The van der Waals surface area contributed by atoms with Gasteiger partial charge in [0.15, 0.2) is 0 Å². The van der Waals surface area contributed by atoms with E-state index in [2.05, 4.69) is 19.2 Å². The Morgan fingerprint density at radius 3 is 2.71 bits per heavy atom. The van der Waals surface area contributed by atoms with Crippen molar-refractivity contribution in [1.29, 1.82) is 0 Å². The molecule has 21 heavy (non-hydrogen) atoms. The van der Waals surface area contributed by atoms with Crippen molar-refractivity contribution >= 4 is 15.9 Å². The van der Waals surface area contributed by atoms with E-state index in [1.165, 1.54) is 18.2 Å². The number of primary sulfonamides is 1. The van der Waals surface area contributed by atoms with Crippen LogP contribution in [0.15, 0.2) is 29.2 Å². The molecule has 0 spiro atoms. The first-order chi connectivity index (χ1) is 9.80. The Morgan fingerprint density at radius 1 is 1.38 bits per heavy atom. The number of carbonyl (C=O) groups excluding carboxylic acids is 1. The number of ether oxygens (including phenoxy) is 1. The van der Waals surface area contributed by atoms with Crippen LogP contribution in [0.5, 0.6) is 0 Å². The molecule has 3 N–H and O–H groups in total. The molecule has 6 nitrogen and oxygen atoms in total. The first-order valence-electron chi connectivity index (χ1n) is 6.79. The van der Waals surface area contributed by atoms with Gasteiger partial charge in [0.25, 0.3) is 5.91 Å². The van der Waals surface area contributed by atoms with Gasteiger partial charge in [-0.1, -0.05) is 19.9 Å². The standard InChI is InChI=1S/C14H22N2O4S/c1-11(2)10-20-8-4-7-16-14(17)12-5-3-6-13(9-12)21(15,18)19/h3,5-6,9,11H,4,7-8,10H2,1-2H3,(H,16,17)(H2,15,18,19). The second-order valence-corrected chi connectivity index (χ2v) is 6.71. The number of nitrogens with two attached hydrogens (primary N) is 1. The Bertz CT molecular complexity index is 570. The number of carbonyl (C=O) groups is 1. The maximum Gasteiger partial charge on any atom is 0.251 e. The predicted molar refractivity (Wildman–Crippen MR) is 80.4 cm³/mol. The van der Waals surface area contributed by atoms with Gasteiger partial charge in [0.1, 0.15) is 0 Å². The molecule has 1 amide bonds. The van der Waals surface area contributed by atoms with Gasteiger partial charge in [-0.15, -0.1) is 0 Å². The second kappa shape index (κ2) is 8.11. The van der Waals surface area contributed by atoms with Crippen LogP contribution in [-0.2, 0) is 14.8 Å². The molecule has 0 heterocycles. The number of benzene rings is 1. The smallest absolute Gasteiger partial charge is 0.251 e. The maximum absolute atomic E-state index is 11.9. The predicted octanol–water partition coefficient (Wildman–Crippen LogP) is 1.13. The topological polar surface area (TPSA) is 98.5 Å². The van der Waals surface area contributed by atoms with E-state index in [1.54, 1.807) is 6.07 Å². The number of amides is 1. The van der Waals surface area contributed by atoms with Gasteiger partial charge in [0.05, 0.1) is 4.90 Å². The molecule has 0 aliphatic rings. The molecule has 0 bridgehead atoms. The summed E-state index contributed by atoms with van der Waals surface area (Å²) in [7, 11) is -3.80. The van der Waals surface area contributed by atoms with Gasteiger partial charge in [0, 0.05) is 25.3 Å². The number of sulfonamides is 1. The molecule has 0 atom stereocenters. The fourth-order valence-corrected chi connectivity index (χ4v) is 2.17. The highest BCUT2D eigenvalue weighted by atomic mass is 32.2. The van der Waals surface area contributed by atoms with E-state index in [1.807, 2.05) is 0 Å². The molecular weight excluding hydrogens is 292 g/mol. The Kier molecular flexibility index (Phi) is 6.80. The molecule has 0 saturated heterocycles. The van der Waals surface area contributed by atoms with Gasteiger partial charge < -0.3 is 10.1 Å². The summed E-state index contributed by atoms with van der Waals surface area (Å²) < 4.78 is 27.8. The summed E-state index contributed by atoms with van der Waals surface area (Å²) in [5, 5.41) is 7.74. The lowest BCUT2D eigenvalue weighted by atomic mass is 10.2. The molecule has 118 valence electrons. The third-order valence-electron chi connectivity index (χ3n) is 2.63. The van der Waals surface area contributed by atoms with Crippen molar-refractivity contribution in [2.45, 2.75) is 25.2 Å². The third kappa shape index (κ3) is 6.70. The normalized spacial score (nSPS) is 11.6. The van der Waals surface area contributed by atoms with E-state index < -0.39 is 10.0 Å². The zero-order chi connectivity index (χ0) is 15.9. The minimum absolute atomic E-state index is 0.0737.